The molecule has 0 saturated heterocycles. The maximum absolute atomic E-state index is 12.4. The van der Waals surface area contributed by atoms with Crippen molar-refractivity contribution >= 4 is 23.2 Å². The molecular formula is C19H22ClNO2. The number of ether oxygens (including phenoxy) is 1. The average molecular weight is 332 g/mol. The molecule has 0 aliphatic carbocycles. The van der Waals surface area contributed by atoms with Crippen LogP contribution >= 0.6 is 11.6 Å². The van der Waals surface area contributed by atoms with E-state index in [-0.39, 0.29) is 5.91 Å². The number of nitrogens with one attached hydrogen (secondary N) is 1. The largest absolute Gasteiger partial charge is 0.481 e. The van der Waals surface area contributed by atoms with E-state index in [1.54, 1.807) is 24.3 Å². The van der Waals surface area contributed by atoms with Crippen LogP contribution in [0.15, 0.2) is 48.5 Å². The molecule has 1 N–H and O–H groups in total. The van der Waals surface area contributed by atoms with Gasteiger partial charge in [0.25, 0.3) is 5.91 Å². The second kappa shape index (κ2) is 8.02. The van der Waals surface area contributed by atoms with Crippen molar-refractivity contribution in [1.82, 2.24) is 0 Å². The monoisotopic (exact) mass is 331 g/mol. The molecule has 122 valence electrons. The molecule has 1 amide bonds. The van der Waals surface area contributed by atoms with E-state index in [0.29, 0.717) is 23.1 Å². The Morgan fingerprint density at radius 1 is 1.17 bits per heavy atom. The fourth-order valence-electron chi connectivity index (χ4n) is 2.20. The van der Waals surface area contributed by atoms with Crippen molar-refractivity contribution in [2.24, 2.45) is 0 Å². The predicted molar refractivity (Wildman–Crippen MR) is 95.3 cm³/mol. The molecule has 3 nitrogen and oxygen atoms in total. The summed E-state index contributed by atoms with van der Waals surface area (Å²) in [7, 11) is 0. The first-order chi connectivity index (χ1) is 11.0. The van der Waals surface area contributed by atoms with Crippen LogP contribution < -0.4 is 10.1 Å². The maximum Gasteiger partial charge on any atom is 0.265 e. The molecule has 0 spiro atoms. The van der Waals surface area contributed by atoms with Crippen LogP contribution in [-0.4, -0.2) is 12.0 Å². The Bertz CT molecular complexity index is 653. The zero-order valence-corrected chi connectivity index (χ0v) is 14.4. The summed E-state index contributed by atoms with van der Waals surface area (Å²) in [5.41, 5.74) is 2.01. The Morgan fingerprint density at radius 3 is 2.43 bits per heavy atom. The van der Waals surface area contributed by atoms with Crippen molar-refractivity contribution < 1.29 is 9.53 Å². The van der Waals surface area contributed by atoms with E-state index in [1.165, 1.54) is 5.56 Å². The number of amides is 1. The van der Waals surface area contributed by atoms with Crippen LogP contribution in [0.5, 0.6) is 5.75 Å². The number of benzene rings is 2. The van der Waals surface area contributed by atoms with Gasteiger partial charge in [0.05, 0.1) is 0 Å². The van der Waals surface area contributed by atoms with E-state index < -0.39 is 6.10 Å². The van der Waals surface area contributed by atoms with Crippen LogP contribution in [0.1, 0.15) is 38.7 Å². The molecule has 0 unspecified atom stereocenters. The van der Waals surface area contributed by atoms with Crippen LogP contribution in [-0.2, 0) is 4.79 Å². The lowest BCUT2D eigenvalue weighted by atomic mass is 10.0. The van der Waals surface area contributed by atoms with Crippen LogP contribution in [0.2, 0.25) is 5.02 Å². The van der Waals surface area contributed by atoms with Crippen molar-refractivity contribution in [3.05, 3.63) is 59.1 Å². The molecule has 2 aromatic rings. The van der Waals surface area contributed by atoms with Crippen LogP contribution in [0.4, 0.5) is 5.69 Å². The van der Waals surface area contributed by atoms with Crippen LogP contribution in [0.3, 0.4) is 0 Å². The molecule has 2 rings (SSSR count). The van der Waals surface area contributed by atoms with Crippen molar-refractivity contribution in [2.75, 3.05) is 5.32 Å². The van der Waals surface area contributed by atoms with Gasteiger partial charge in [0, 0.05) is 10.7 Å². The molecule has 1 atom stereocenters. The Balaban J connectivity index is 2.02. The lowest BCUT2D eigenvalue weighted by Crippen LogP contribution is -2.32. The standard InChI is InChI=1S/C19H22ClNO2/c1-4-18(23-17-7-5-6-15(20)12-17)19(22)21-16-10-8-14(9-11-16)13(2)3/h5-13,18H,4H2,1-3H3,(H,21,22)/t18-/m1/s1. The number of hydrogen-bond donors (Lipinski definition) is 1. The van der Waals surface area contributed by atoms with Gasteiger partial charge >= 0.3 is 0 Å². The number of carbonyl (C=O) groups excluding carboxylic acids is 1. The maximum atomic E-state index is 12.4. The minimum absolute atomic E-state index is 0.162. The summed E-state index contributed by atoms with van der Waals surface area (Å²) in [6, 6.07) is 14.9. The second-order valence-corrected chi connectivity index (χ2v) is 6.17. The molecule has 0 fully saturated rings. The van der Waals surface area contributed by atoms with Gasteiger partial charge in [-0.2, -0.15) is 0 Å². The van der Waals surface area contributed by atoms with E-state index in [1.807, 2.05) is 31.2 Å². The molecule has 2 aromatic carbocycles. The van der Waals surface area contributed by atoms with Gasteiger partial charge in [-0.1, -0.05) is 50.6 Å². The normalized spacial score (nSPS) is 12.0. The molecule has 0 aliphatic rings. The molecule has 0 aliphatic heterocycles. The second-order valence-electron chi connectivity index (χ2n) is 5.74. The van der Waals surface area contributed by atoms with Crippen LogP contribution in [0, 0.1) is 0 Å². The third kappa shape index (κ3) is 5.00. The summed E-state index contributed by atoms with van der Waals surface area (Å²) >= 11 is 5.94. The predicted octanol–water partition coefficient (Wildman–Crippen LogP) is 5.26. The molecular weight excluding hydrogens is 310 g/mol. The SMILES string of the molecule is CC[C@@H](Oc1cccc(Cl)c1)C(=O)Nc1ccc(C(C)C)cc1. The van der Waals surface area contributed by atoms with Crippen molar-refractivity contribution in [3.63, 3.8) is 0 Å². The topological polar surface area (TPSA) is 38.3 Å². The summed E-state index contributed by atoms with van der Waals surface area (Å²) < 4.78 is 5.74. The third-order valence-electron chi connectivity index (χ3n) is 3.58. The third-order valence-corrected chi connectivity index (χ3v) is 3.82. The molecule has 4 heteroatoms. The van der Waals surface area contributed by atoms with E-state index in [9.17, 15) is 4.79 Å². The van der Waals surface area contributed by atoms with Gasteiger partial charge in [-0.3, -0.25) is 4.79 Å². The Hall–Kier alpha value is -2.00. The highest BCUT2D eigenvalue weighted by molar-refractivity contribution is 6.30. The fraction of sp³-hybridized carbons (Fsp3) is 0.316. The van der Waals surface area contributed by atoms with Gasteiger partial charge in [0.15, 0.2) is 6.10 Å². The van der Waals surface area contributed by atoms with E-state index in [0.717, 1.165) is 5.69 Å². The smallest absolute Gasteiger partial charge is 0.265 e. The van der Waals surface area contributed by atoms with E-state index in [2.05, 4.69) is 19.2 Å². The van der Waals surface area contributed by atoms with E-state index >= 15 is 0 Å². The molecule has 0 saturated carbocycles. The first kappa shape index (κ1) is 17.4. The number of hydrogen-bond acceptors (Lipinski definition) is 2. The van der Waals surface area contributed by atoms with Gasteiger partial charge in [-0.25, -0.2) is 0 Å². The molecule has 23 heavy (non-hydrogen) atoms. The zero-order valence-electron chi connectivity index (χ0n) is 13.7. The van der Waals surface area contributed by atoms with Crippen molar-refractivity contribution in [3.8, 4) is 5.75 Å². The quantitative estimate of drug-likeness (QED) is 0.784. The highest BCUT2D eigenvalue weighted by atomic mass is 35.5. The molecule has 0 bridgehead atoms. The van der Waals surface area contributed by atoms with Crippen LogP contribution in [0.25, 0.3) is 0 Å². The van der Waals surface area contributed by atoms with E-state index in [4.69, 9.17) is 16.3 Å². The number of halogens is 1. The summed E-state index contributed by atoms with van der Waals surface area (Å²) in [6.07, 6.45) is 0.0147. The summed E-state index contributed by atoms with van der Waals surface area (Å²) in [5.74, 6) is 0.897. The highest BCUT2D eigenvalue weighted by Gasteiger charge is 2.18. The summed E-state index contributed by atoms with van der Waals surface area (Å²) in [5, 5.41) is 3.48. The first-order valence-electron chi connectivity index (χ1n) is 7.82. The highest BCUT2D eigenvalue weighted by Crippen LogP contribution is 2.21. The van der Waals surface area contributed by atoms with Gasteiger partial charge in [0.1, 0.15) is 5.75 Å². The lowest BCUT2D eigenvalue weighted by molar-refractivity contribution is -0.122. The van der Waals surface area contributed by atoms with Gasteiger partial charge in [0.2, 0.25) is 0 Å². The molecule has 0 aromatic heterocycles. The lowest BCUT2D eigenvalue weighted by Gasteiger charge is -2.17. The zero-order chi connectivity index (χ0) is 16.8. The average Bonchev–Trinajstić information content (AvgIpc) is 2.53. The fourth-order valence-corrected chi connectivity index (χ4v) is 2.38. The Kier molecular flexibility index (Phi) is 6.05. The van der Waals surface area contributed by atoms with Gasteiger partial charge in [-0.05, 0) is 48.2 Å². The summed E-state index contributed by atoms with van der Waals surface area (Å²) in [6.45, 7) is 6.19. The van der Waals surface area contributed by atoms with Crippen molar-refractivity contribution in [1.29, 1.82) is 0 Å². The molecule has 0 radical (unpaired) electrons. The van der Waals surface area contributed by atoms with Crippen molar-refractivity contribution in [2.45, 2.75) is 39.2 Å². The Morgan fingerprint density at radius 2 is 1.87 bits per heavy atom. The Labute approximate surface area is 142 Å². The number of anilines is 1. The minimum atomic E-state index is -0.557. The summed E-state index contributed by atoms with van der Waals surface area (Å²) in [4.78, 5) is 12.4. The number of carbonyl (C=O) groups is 1. The van der Waals surface area contributed by atoms with Gasteiger partial charge in [-0.15, -0.1) is 0 Å². The molecule has 0 heterocycles. The number of rotatable bonds is 6. The van der Waals surface area contributed by atoms with Gasteiger partial charge < -0.3 is 10.1 Å². The first-order valence-corrected chi connectivity index (χ1v) is 8.20. The minimum Gasteiger partial charge on any atom is -0.481 e.